The van der Waals surface area contributed by atoms with E-state index >= 15 is 0 Å². The van der Waals surface area contributed by atoms with Crippen LogP contribution in [0.1, 0.15) is 31.0 Å². The Labute approximate surface area is 141 Å². The SMILES string of the molecule is CCCCOc1ccc(NC(=O)Nc2n[nH]c3c2CNCC3)cc1. The zero-order valence-corrected chi connectivity index (χ0v) is 13.8. The Morgan fingerprint density at radius 2 is 2.12 bits per heavy atom. The normalized spacial score (nSPS) is 13.2. The summed E-state index contributed by atoms with van der Waals surface area (Å²) in [5.74, 6) is 1.39. The number of hydrogen-bond acceptors (Lipinski definition) is 4. The molecule has 0 unspecified atom stereocenters. The van der Waals surface area contributed by atoms with Crippen LogP contribution in [0.15, 0.2) is 24.3 Å². The van der Waals surface area contributed by atoms with Crippen LogP contribution in [-0.4, -0.2) is 29.4 Å². The van der Waals surface area contributed by atoms with E-state index in [4.69, 9.17) is 4.74 Å². The zero-order valence-electron chi connectivity index (χ0n) is 13.8. The number of aromatic amines is 1. The molecule has 1 aliphatic rings. The maximum absolute atomic E-state index is 12.1. The molecule has 7 nitrogen and oxygen atoms in total. The molecule has 0 bridgehead atoms. The molecule has 0 spiro atoms. The second-order valence-electron chi connectivity index (χ2n) is 5.76. The van der Waals surface area contributed by atoms with Gasteiger partial charge in [0.1, 0.15) is 5.75 Å². The molecule has 0 aliphatic carbocycles. The van der Waals surface area contributed by atoms with E-state index in [0.29, 0.717) is 24.7 Å². The van der Waals surface area contributed by atoms with Crippen LogP contribution in [0.25, 0.3) is 0 Å². The van der Waals surface area contributed by atoms with E-state index in [1.54, 1.807) is 0 Å². The van der Waals surface area contributed by atoms with Crippen LogP contribution in [0.4, 0.5) is 16.3 Å². The number of nitrogens with one attached hydrogen (secondary N) is 4. The van der Waals surface area contributed by atoms with Crippen molar-refractivity contribution in [3.63, 3.8) is 0 Å². The number of nitrogens with zero attached hydrogens (tertiary/aromatic N) is 1. The number of carbonyl (C=O) groups excluding carboxylic acids is 1. The quantitative estimate of drug-likeness (QED) is 0.613. The van der Waals surface area contributed by atoms with Crippen molar-refractivity contribution in [3.8, 4) is 5.75 Å². The van der Waals surface area contributed by atoms with E-state index in [-0.39, 0.29) is 6.03 Å². The van der Waals surface area contributed by atoms with Crippen LogP contribution < -0.4 is 20.7 Å². The molecular weight excluding hydrogens is 306 g/mol. The first-order valence-electron chi connectivity index (χ1n) is 8.34. The highest BCUT2D eigenvalue weighted by Crippen LogP contribution is 2.20. The van der Waals surface area contributed by atoms with Crippen LogP contribution in [-0.2, 0) is 13.0 Å². The van der Waals surface area contributed by atoms with E-state index < -0.39 is 0 Å². The molecule has 1 aromatic carbocycles. The maximum Gasteiger partial charge on any atom is 0.324 e. The minimum atomic E-state index is -0.311. The van der Waals surface area contributed by atoms with Gasteiger partial charge in [-0.3, -0.25) is 10.4 Å². The third-order valence-electron chi connectivity index (χ3n) is 3.92. The molecule has 2 heterocycles. The molecule has 0 saturated heterocycles. The predicted octanol–water partition coefficient (Wildman–Crippen LogP) is 2.88. The number of unbranched alkanes of at least 4 members (excludes halogenated alkanes) is 1. The smallest absolute Gasteiger partial charge is 0.324 e. The molecule has 0 saturated carbocycles. The van der Waals surface area contributed by atoms with Crippen molar-refractivity contribution < 1.29 is 9.53 Å². The summed E-state index contributed by atoms with van der Waals surface area (Å²) in [7, 11) is 0. The number of aromatic nitrogens is 2. The second-order valence-corrected chi connectivity index (χ2v) is 5.76. The van der Waals surface area contributed by atoms with Crippen molar-refractivity contribution >= 4 is 17.5 Å². The monoisotopic (exact) mass is 329 g/mol. The summed E-state index contributed by atoms with van der Waals surface area (Å²) in [6.07, 6.45) is 3.03. The van der Waals surface area contributed by atoms with Crippen LogP contribution in [0.2, 0.25) is 0 Å². The van der Waals surface area contributed by atoms with E-state index in [0.717, 1.165) is 42.8 Å². The number of fused-ring (bicyclic) bond motifs is 1. The van der Waals surface area contributed by atoms with Gasteiger partial charge in [0.15, 0.2) is 5.82 Å². The number of rotatable bonds is 6. The Balaban J connectivity index is 1.54. The summed E-state index contributed by atoms with van der Waals surface area (Å²) in [6.45, 7) is 4.47. The molecule has 7 heteroatoms. The largest absolute Gasteiger partial charge is 0.494 e. The fourth-order valence-electron chi connectivity index (χ4n) is 2.57. The summed E-state index contributed by atoms with van der Waals surface area (Å²) in [4.78, 5) is 12.1. The van der Waals surface area contributed by atoms with Gasteiger partial charge in [-0.2, -0.15) is 5.10 Å². The third-order valence-corrected chi connectivity index (χ3v) is 3.92. The summed E-state index contributed by atoms with van der Waals surface area (Å²) < 4.78 is 5.60. The summed E-state index contributed by atoms with van der Waals surface area (Å²) in [5.41, 5.74) is 2.81. The number of anilines is 2. The number of benzene rings is 1. The Hall–Kier alpha value is -2.54. The van der Waals surface area contributed by atoms with Gasteiger partial charge in [0.2, 0.25) is 0 Å². The molecule has 3 rings (SSSR count). The maximum atomic E-state index is 12.1. The number of H-pyrrole nitrogens is 1. The van der Waals surface area contributed by atoms with Gasteiger partial charge in [0.25, 0.3) is 0 Å². The molecule has 0 atom stereocenters. The van der Waals surface area contributed by atoms with Crippen molar-refractivity contribution in [2.75, 3.05) is 23.8 Å². The van der Waals surface area contributed by atoms with Gasteiger partial charge in [0.05, 0.1) is 6.61 Å². The minimum Gasteiger partial charge on any atom is -0.494 e. The highest BCUT2D eigenvalue weighted by Gasteiger charge is 2.17. The molecule has 1 aromatic heterocycles. The lowest BCUT2D eigenvalue weighted by Crippen LogP contribution is -2.25. The van der Waals surface area contributed by atoms with Crippen LogP contribution >= 0.6 is 0 Å². The first-order valence-corrected chi connectivity index (χ1v) is 8.34. The lowest BCUT2D eigenvalue weighted by Gasteiger charge is -2.13. The number of urea groups is 1. The molecule has 2 aromatic rings. The topological polar surface area (TPSA) is 91.1 Å². The second kappa shape index (κ2) is 7.83. The number of amides is 2. The third kappa shape index (κ3) is 4.05. The van der Waals surface area contributed by atoms with Crippen LogP contribution in [0.5, 0.6) is 5.75 Å². The molecule has 4 N–H and O–H groups in total. The van der Waals surface area contributed by atoms with Crippen molar-refractivity contribution in [2.45, 2.75) is 32.7 Å². The fourth-order valence-corrected chi connectivity index (χ4v) is 2.57. The van der Waals surface area contributed by atoms with Gasteiger partial charge in [-0.25, -0.2) is 4.79 Å². The average Bonchev–Trinajstić information content (AvgIpc) is 3.00. The minimum absolute atomic E-state index is 0.311. The average molecular weight is 329 g/mol. The van der Waals surface area contributed by atoms with Gasteiger partial charge in [-0.15, -0.1) is 0 Å². The highest BCUT2D eigenvalue weighted by atomic mass is 16.5. The van der Waals surface area contributed by atoms with E-state index in [1.165, 1.54) is 0 Å². The standard InChI is InChI=1S/C17H23N5O2/c1-2-3-10-24-13-6-4-12(5-7-13)19-17(23)20-16-14-11-18-9-8-15(14)21-22-16/h4-7,18H,2-3,8-11H2,1H3,(H3,19,20,21,22,23). The summed E-state index contributed by atoms with van der Waals surface area (Å²) in [5, 5.41) is 16.0. The molecule has 128 valence electrons. The van der Waals surface area contributed by atoms with Crippen molar-refractivity contribution in [3.05, 3.63) is 35.5 Å². The molecule has 0 fully saturated rings. The zero-order chi connectivity index (χ0) is 16.8. The molecule has 24 heavy (non-hydrogen) atoms. The van der Waals surface area contributed by atoms with E-state index in [9.17, 15) is 4.79 Å². The first kappa shape index (κ1) is 16.3. The Morgan fingerprint density at radius 1 is 1.29 bits per heavy atom. The molecule has 0 radical (unpaired) electrons. The Bertz CT molecular complexity index is 681. The van der Waals surface area contributed by atoms with Gasteiger partial charge in [-0.05, 0) is 30.7 Å². The Kier molecular flexibility index (Phi) is 5.32. The van der Waals surface area contributed by atoms with E-state index in [1.807, 2.05) is 24.3 Å². The lowest BCUT2D eigenvalue weighted by molar-refractivity contribution is 0.262. The number of ether oxygens (including phenoxy) is 1. The lowest BCUT2D eigenvalue weighted by atomic mass is 10.1. The Morgan fingerprint density at radius 3 is 2.92 bits per heavy atom. The first-order chi connectivity index (χ1) is 11.8. The fraction of sp³-hybridized carbons (Fsp3) is 0.412. The molecular formula is C17H23N5O2. The van der Waals surface area contributed by atoms with Crippen molar-refractivity contribution in [1.29, 1.82) is 0 Å². The van der Waals surface area contributed by atoms with E-state index in [2.05, 4.69) is 33.1 Å². The van der Waals surface area contributed by atoms with Gasteiger partial charge in [-0.1, -0.05) is 13.3 Å². The van der Waals surface area contributed by atoms with Gasteiger partial charge < -0.3 is 15.4 Å². The summed E-state index contributed by atoms with van der Waals surface area (Å²) in [6, 6.07) is 7.04. The predicted molar refractivity (Wildman–Crippen MR) is 93.5 cm³/mol. The number of hydrogen-bond donors (Lipinski definition) is 4. The van der Waals surface area contributed by atoms with Crippen LogP contribution in [0.3, 0.4) is 0 Å². The molecule has 1 aliphatic heterocycles. The summed E-state index contributed by atoms with van der Waals surface area (Å²) >= 11 is 0. The van der Waals surface area contributed by atoms with Crippen molar-refractivity contribution in [1.82, 2.24) is 15.5 Å². The highest BCUT2D eigenvalue weighted by molar-refractivity contribution is 5.99. The molecule has 2 amide bonds. The van der Waals surface area contributed by atoms with Crippen LogP contribution in [0, 0.1) is 0 Å². The van der Waals surface area contributed by atoms with Gasteiger partial charge >= 0.3 is 6.03 Å². The van der Waals surface area contributed by atoms with Gasteiger partial charge in [0, 0.05) is 36.5 Å². The van der Waals surface area contributed by atoms with Crippen molar-refractivity contribution in [2.24, 2.45) is 0 Å². The number of carbonyl (C=O) groups is 1.